The Morgan fingerprint density at radius 3 is 2.69 bits per heavy atom. The molecule has 1 aliphatic rings. The molecule has 1 fully saturated rings. The van der Waals surface area contributed by atoms with Crippen molar-refractivity contribution in [1.29, 1.82) is 0 Å². The molecule has 0 atom stereocenters. The minimum absolute atomic E-state index is 0.337. The number of halogens is 1. The number of aldehydes is 1. The summed E-state index contributed by atoms with van der Waals surface area (Å²) < 4.78 is 0. The topological polar surface area (TPSA) is 45.8 Å². The predicted molar refractivity (Wildman–Crippen MR) is 50.2 cm³/mol. The summed E-state index contributed by atoms with van der Waals surface area (Å²) in [5.41, 5.74) is 1.28. The summed E-state index contributed by atoms with van der Waals surface area (Å²) in [5, 5.41) is 7.22. The van der Waals surface area contributed by atoms with Crippen LogP contribution < -0.4 is 0 Å². The molecule has 1 aromatic heterocycles. The highest BCUT2D eigenvalue weighted by Gasteiger charge is 2.22. The van der Waals surface area contributed by atoms with Crippen molar-refractivity contribution in [1.82, 2.24) is 10.2 Å². The van der Waals surface area contributed by atoms with Gasteiger partial charge in [0.05, 0.1) is 10.7 Å². The van der Waals surface area contributed by atoms with Crippen molar-refractivity contribution >= 4 is 17.9 Å². The number of aromatic nitrogens is 2. The van der Waals surface area contributed by atoms with Crippen LogP contribution in [-0.4, -0.2) is 16.5 Å². The van der Waals surface area contributed by atoms with E-state index in [1.807, 2.05) is 0 Å². The predicted octanol–water partition coefficient (Wildman–Crippen LogP) is 2.53. The van der Waals surface area contributed by atoms with Gasteiger partial charge in [0.2, 0.25) is 0 Å². The molecule has 0 aliphatic heterocycles. The Morgan fingerprint density at radius 1 is 1.46 bits per heavy atom. The molecular formula is C9H11ClN2O. The van der Waals surface area contributed by atoms with Crippen LogP contribution in [0.15, 0.2) is 0 Å². The van der Waals surface area contributed by atoms with Crippen molar-refractivity contribution in [3.05, 3.63) is 16.4 Å². The summed E-state index contributed by atoms with van der Waals surface area (Å²) in [4.78, 5) is 10.5. The summed E-state index contributed by atoms with van der Waals surface area (Å²) in [6.45, 7) is 0. The third-order valence-electron chi connectivity index (χ3n) is 2.63. The summed E-state index contributed by atoms with van der Waals surface area (Å²) in [6.07, 6.45) is 5.49. The number of carbonyl (C=O) groups is 1. The molecule has 0 saturated heterocycles. The van der Waals surface area contributed by atoms with Crippen LogP contribution in [-0.2, 0) is 0 Å². The zero-order valence-corrected chi connectivity index (χ0v) is 7.97. The van der Waals surface area contributed by atoms with E-state index in [2.05, 4.69) is 10.2 Å². The SMILES string of the molecule is O=Cc1n[nH]c(C2CCCC2)c1Cl. The van der Waals surface area contributed by atoms with Crippen LogP contribution in [0.5, 0.6) is 0 Å². The Bertz CT molecular complexity index is 315. The number of nitrogens with zero attached hydrogens (tertiary/aromatic N) is 1. The molecule has 1 N–H and O–H groups in total. The first-order valence-electron chi connectivity index (χ1n) is 4.52. The number of nitrogens with one attached hydrogen (secondary N) is 1. The molecule has 1 aliphatic carbocycles. The second-order valence-electron chi connectivity index (χ2n) is 3.44. The van der Waals surface area contributed by atoms with Crippen LogP contribution in [0.4, 0.5) is 0 Å². The first kappa shape index (κ1) is 8.75. The molecule has 0 unspecified atom stereocenters. The van der Waals surface area contributed by atoms with E-state index >= 15 is 0 Å². The molecule has 0 spiro atoms. The molecular weight excluding hydrogens is 188 g/mol. The fraction of sp³-hybridized carbons (Fsp3) is 0.556. The van der Waals surface area contributed by atoms with Gasteiger partial charge in [-0.3, -0.25) is 9.89 Å². The minimum atomic E-state index is 0.337. The Hall–Kier alpha value is -0.830. The Labute approximate surface area is 81.5 Å². The average molecular weight is 199 g/mol. The van der Waals surface area contributed by atoms with Gasteiger partial charge in [-0.05, 0) is 12.8 Å². The summed E-state index contributed by atoms with van der Waals surface area (Å²) in [7, 11) is 0. The van der Waals surface area contributed by atoms with Gasteiger partial charge >= 0.3 is 0 Å². The van der Waals surface area contributed by atoms with Crippen LogP contribution in [0.25, 0.3) is 0 Å². The van der Waals surface area contributed by atoms with Gasteiger partial charge in [-0.1, -0.05) is 24.4 Å². The third-order valence-corrected chi connectivity index (χ3v) is 3.03. The number of aromatic amines is 1. The number of carbonyl (C=O) groups excluding carboxylic acids is 1. The van der Waals surface area contributed by atoms with Crippen molar-refractivity contribution in [2.45, 2.75) is 31.6 Å². The molecule has 1 heterocycles. The maximum absolute atomic E-state index is 10.5. The van der Waals surface area contributed by atoms with Crippen molar-refractivity contribution < 1.29 is 4.79 Å². The van der Waals surface area contributed by atoms with E-state index in [1.165, 1.54) is 12.8 Å². The Kier molecular flexibility index (Phi) is 2.36. The van der Waals surface area contributed by atoms with Crippen LogP contribution in [0.2, 0.25) is 5.02 Å². The van der Waals surface area contributed by atoms with E-state index in [9.17, 15) is 4.79 Å². The van der Waals surface area contributed by atoms with Gasteiger partial charge in [-0.2, -0.15) is 5.10 Å². The zero-order valence-electron chi connectivity index (χ0n) is 7.22. The van der Waals surface area contributed by atoms with Crippen LogP contribution >= 0.6 is 11.6 Å². The number of hydrogen-bond donors (Lipinski definition) is 1. The summed E-state index contributed by atoms with van der Waals surface area (Å²) in [6, 6.07) is 0. The van der Waals surface area contributed by atoms with E-state index in [-0.39, 0.29) is 0 Å². The van der Waals surface area contributed by atoms with E-state index in [4.69, 9.17) is 11.6 Å². The lowest BCUT2D eigenvalue weighted by Gasteiger charge is -2.05. The molecule has 2 rings (SSSR count). The summed E-state index contributed by atoms with van der Waals surface area (Å²) in [5.74, 6) is 0.480. The molecule has 0 radical (unpaired) electrons. The highest BCUT2D eigenvalue weighted by atomic mass is 35.5. The molecule has 3 nitrogen and oxygen atoms in total. The lowest BCUT2D eigenvalue weighted by atomic mass is 10.0. The average Bonchev–Trinajstić information content (AvgIpc) is 2.72. The van der Waals surface area contributed by atoms with Crippen LogP contribution in [0.1, 0.15) is 47.8 Å². The molecule has 70 valence electrons. The van der Waals surface area contributed by atoms with Gasteiger partial charge in [-0.25, -0.2) is 0 Å². The van der Waals surface area contributed by atoms with Crippen molar-refractivity contribution in [3.63, 3.8) is 0 Å². The van der Waals surface area contributed by atoms with E-state index in [1.54, 1.807) is 0 Å². The fourth-order valence-electron chi connectivity index (χ4n) is 1.92. The second kappa shape index (κ2) is 3.50. The number of H-pyrrole nitrogens is 1. The van der Waals surface area contributed by atoms with Crippen molar-refractivity contribution in [3.8, 4) is 0 Å². The van der Waals surface area contributed by atoms with Crippen molar-refractivity contribution in [2.75, 3.05) is 0 Å². The van der Waals surface area contributed by atoms with Crippen LogP contribution in [0, 0.1) is 0 Å². The van der Waals surface area contributed by atoms with Gasteiger partial charge in [0.1, 0.15) is 5.69 Å². The zero-order chi connectivity index (χ0) is 9.26. The maximum atomic E-state index is 10.5. The van der Waals surface area contributed by atoms with Gasteiger partial charge in [0.25, 0.3) is 0 Å². The minimum Gasteiger partial charge on any atom is -0.296 e. The first-order valence-corrected chi connectivity index (χ1v) is 4.89. The molecule has 0 amide bonds. The lowest BCUT2D eigenvalue weighted by molar-refractivity contribution is 0.111. The fourth-order valence-corrected chi connectivity index (χ4v) is 2.20. The Morgan fingerprint density at radius 2 is 2.15 bits per heavy atom. The quantitative estimate of drug-likeness (QED) is 0.743. The van der Waals surface area contributed by atoms with Gasteiger partial charge < -0.3 is 0 Å². The lowest BCUT2D eigenvalue weighted by Crippen LogP contribution is -1.93. The number of hydrogen-bond acceptors (Lipinski definition) is 2. The van der Waals surface area contributed by atoms with Gasteiger partial charge in [0.15, 0.2) is 6.29 Å². The smallest absolute Gasteiger partial charge is 0.171 e. The Balaban J connectivity index is 2.29. The van der Waals surface area contributed by atoms with E-state index in [0.717, 1.165) is 18.5 Å². The normalized spacial score (nSPS) is 17.9. The van der Waals surface area contributed by atoms with Gasteiger partial charge in [0, 0.05) is 5.92 Å². The summed E-state index contributed by atoms with van der Waals surface area (Å²) >= 11 is 5.98. The second-order valence-corrected chi connectivity index (χ2v) is 3.81. The molecule has 13 heavy (non-hydrogen) atoms. The number of rotatable bonds is 2. The van der Waals surface area contributed by atoms with E-state index < -0.39 is 0 Å². The molecule has 0 bridgehead atoms. The standard InChI is InChI=1S/C9H11ClN2O/c10-8-7(5-13)11-12-9(8)6-3-1-2-4-6/h5-6H,1-4H2,(H,11,12). The van der Waals surface area contributed by atoms with Crippen LogP contribution in [0.3, 0.4) is 0 Å². The van der Waals surface area contributed by atoms with Gasteiger partial charge in [-0.15, -0.1) is 0 Å². The molecule has 1 aromatic rings. The monoisotopic (exact) mass is 198 g/mol. The van der Waals surface area contributed by atoms with Crippen molar-refractivity contribution in [2.24, 2.45) is 0 Å². The molecule has 1 saturated carbocycles. The van der Waals surface area contributed by atoms with E-state index in [0.29, 0.717) is 22.9 Å². The highest BCUT2D eigenvalue weighted by Crippen LogP contribution is 2.36. The molecule has 4 heteroatoms. The highest BCUT2D eigenvalue weighted by molar-refractivity contribution is 6.33. The largest absolute Gasteiger partial charge is 0.296 e. The third kappa shape index (κ3) is 1.48. The maximum Gasteiger partial charge on any atom is 0.171 e. The molecule has 0 aromatic carbocycles. The first-order chi connectivity index (χ1) is 6.33.